The van der Waals surface area contributed by atoms with E-state index in [9.17, 15) is 19.2 Å². The standard InChI is InChI=1S/C27H27N7O5/c28-24(35)20(12-16-14-31-19-5-2-1-4-18(16)19)33-26(37)22-13-17(32-25(36)21-15-29-8-9-30-21)7-10-34(22)27(38)23-6-3-11-39-23/h1-6,8-9,11,14-15,17,20,22,31H,7,10,12-13H2,(H2,28,35)(H,32,36)(H,33,37). The highest BCUT2D eigenvalue weighted by atomic mass is 16.3. The Hall–Kier alpha value is -5.00. The molecule has 1 fully saturated rings. The summed E-state index contributed by atoms with van der Waals surface area (Å²) in [6, 6.07) is 8.25. The number of para-hydroxylation sites is 1. The van der Waals surface area contributed by atoms with Gasteiger partial charge in [-0.3, -0.25) is 24.2 Å². The highest BCUT2D eigenvalue weighted by molar-refractivity contribution is 5.97. The smallest absolute Gasteiger partial charge is 0.290 e. The molecule has 0 saturated carbocycles. The molecule has 39 heavy (non-hydrogen) atoms. The Morgan fingerprint density at radius 1 is 1.15 bits per heavy atom. The van der Waals surface area contributed by atoms with Crippen molar-refractivity contribution in [3.8, 4) is 0 Å². The number of likely N-dealkylation sites (tertiary alicyclic amines) is 1. The highest BCUT2D eigenvalue weighted by Gasteiger charge is 2.39. The molecule has 4 aromatic rings. The van der Waals surface area contributed by atoms with Gasteiger partial charge in [-0.25, -0.2) is 4.98 Å². The van der Waals surface area contributed by atoms with E-state index in [1.807, 2.05) is 24.3 Å². The fourth-order valence-corrected chi connectivity index (χ4v) is 4.82. The van der Waals surface area contributed by atoms with E-state index in [0.717, 1.165) is 16.5 Å². The number of nitrogens with one attached hydrogen (secondary N) is 3. The fourth-order valence-electron chi connectivity index (χ4n) is 4.82. The Labute approximate surface area is 223 Å². The van der Waals surface area contributed by atoms with Crippen molar-refractivity contribution in [2.24, 2.45) is 5.73 Å². The summed E-state index contributed by atoms with van der Waals surface area (Å²) in [4.78, 5) is 64.3. The topological polar surface area (TPSA) is 176 Å². The van der Waals surface area contributed by atoms with Gasteiger partial charge in [-0.15, -0.1) is 0 Å². The number of carbonyl (C=O) groups is 4. The third kappa shape index (κ3) is 5.64. The maximum absolute atomic E-state index is 13.6. The van der Waals surface area contributed by atoms with Gasteiger partial charge in [-0.05, 0) is 36.6 Å². The second-order valence-corrected chi connectivity index (χ2v) is 9.30. The summed E-state index contributed by atoms with van der Waals surface area (Å²) in [6.45, 7) is 0.173. The number of piperidine rings is 1. The number of H-pyrrole nitrogens is 1. The van der Waals surface area contributed by atoms with Crippen LogP contribution in [0.1, 0.15) is 39.4 Å². The lowest BCUT2D eigenvalue weighted by Gasteiger charge is -2.38. The van der Waals surface area contributed by atoms with Gasteiger partial charge in [0.1, 0.15) is 17.8 Å². The predicted molar refractivity (Wildman–Crippen MR) is 139 cm³/mol. The normalized spacial score (nSPS) is 17.9. The van der Waals surface area contributed by atoms with Crippen molar-refractivity contribution in [3.63, 3.8) is 0 Å². The summed E-state index contributed by atoms with van der Waals surface area (Å²) in [6.07, 6.45) is 8.04. The van der Waals surface area contributed by atoms with Crippen molar-refractivity contribution < 1.29 is 23.6 Å². The summed E-state index contributed by atoms with van der Waals surface area (Å²) in [5, 5.41) is 6.52. The van der Waals surface area contributed by atoms with Crippen LogP contribution in [0.25, 0.3) is 10.9 Å². The SMILES string of the molecule is NC(=O)C(Cc1c[nH]c2ccccc12)NC(=O)C1CC(NC(=O)c2cnccn2)CCN1C(=O)c1ccco1. The molecular weight excluding hydrogens is 502 g/mol. The molecule has 1 aliphatic rings. The summed E-state index contributed by atoms with van der Waals surface area (Å²) in [5.41, 5.74) is 7.52. The van der Waals surface area contributed by atoms with Crippen LogP contribution in [-0.2, 0) is 16.0 Å². The molecule has 3 aromatic heterocycles. The Bertz CT molecular complexity index is 1480. The Balaban J connectivity index is 1.35. The molecule has 0 radical (unpaired) electrons. The zero-order valence-corrected chi connectivity index (χ0v) is 20.9. The van der Waals surface area contributed by atoms with Crippen molar-refractivity contribution in [2.75, 3.05) is 6.54 Å². The molecule has 4 heterocycles. The first-order chi connectivity index (χ1) is 18.9. The van der Waals surface area contributed by atoms with Crippen LogP contribution in [0.2, 0.25) is 0 Å². The zero-order chi connectivity index (χ0) is 27.4. The predicted octanol–water partition coefficient (Wildman–Crippen LogP) is 1.17. The molecule has 1 aliphatic heterocycles. The second kappa shape index (κ2) is 11.2. The summed E-state index contributed by atoms with van der Waals surface area (Å²) < 4.78 is 5.27. The quantitative estimate of drug-likeness (QED) is 0.265. The van der Waals surface area contributed by atoms with Crippen LogP contribution in [0.15, 0.2) is 71.9 Å². The third-order valence-corrected chi connectivity index (χ3v) is 6.79. The van der Waals surface area contributed by atoms with Crippen molar-refractivity contribution in [1.29, 1.82) is 0 Å². The number of furan rings is 1. The Kier molecular flexibility index (Phi) is 7.34. The molecule has 0 bridgehead atoms. The number of amides is 4. The monoisotopic (exact) mass is 529 g/mol. The van der Waals surface area contributed by atoms with Crippen molar-refractivity contribution in [3.05, 3.63) is 84.5 Å². The average molecular weight is 530 g/mol. The number of aromatic amines is 1. The number of rotatable bonds is 8. The molecule has 12 heteroatoms. The van der Waals surface area contributed by atoms with Gasteiger partial charge in [0.2, 0.25) is 11.8 Å². The molecule has 3 atom stereocenters. The van der Waals surface area contributed by atoms with Crippen molar-refractivity contribution in [2.45, 2.75) is 37.4 Å². The molecule has 5 rings (SSSR count). The van der Waals surface area contributed by atoms with E-state index in [0.29, 0.717) is 6.42 Å². The molecule has 5 N–H and O–H groups in total. The Morgan fingerprint density at radius 2 is 2.00 bits per heavy atom. The van der Waals surface area contributed by atoms with E-state index in [1.165, 1.54) is 35.8 Å². The van der Waals surface area contributed by atoms with E-state index in [1.54, 1.807) is 12.3 Å². The number of carbonyl (C=O) groups excluding carboxylic acids is 4. The number of hydrogen-bond acceptors (Lipinski definition) is 7. The van der Waals surface area contributed by atoms with Gasteiger partial charge >= 0.3 is 0 Å². The minimum absolute atomic E-state index is 0.0834. The van der Waals surface area contributed by atoms with Crippen molar-refractivity contribution >= 4 is 34.5 Å². The lowest BCUT2D eigenvalue weighted by atomic mass is 9.95. The first kappa shape index (κ1) is 25.6. The molecule has 3 unspecified atom stereocenters. The molecule has 1 saturated heterocycles. The summed E-state index contributed by atoms with van der Waals surface area (Å²) in [7, 11) is 0. The average Bonchev–Trinajstić information content (AvgIpc) is 3.63. The maximum Gasteiger partial charge on any atom is 0.290 e. The summed E-state index contributed by atoms with van der Waals surface area (Å²) in [5.74, 6) is -2.09. The zero-order valence-electron chi connectivity index (χ0n) is 20.9. The van der Waals surface area contributed by atoms with E-state index >= 15 is 0 Å². The highest BCUT2D eigenvalue weighted by Crippen LogP contribution is 2.23. The third-order valence-electron chi connectivity index (χ3n) is 6.79. The minimum atomic E-state index is -1.02. The molecule has 4 amide bonds. The van der Waals surface area contributed by atoms with E-state index in [4.69, 9.17) is 10.2 Å². The van der Waals surface area contributed by atoms with Gasteiger partial charge in [-0.1, -0.05) is 18.2 Å². The molecular formula is C27H27N7O5. The van der Waals surface area contributed by atoms with E-state index in [2.05, 4.69) is 25.6 Å². The number of nitrogens with two attached hydrogens (primary N) is 1. The lowest BCUT2D eigenvalue weighted by molar-refractivity contribution is -0.131. The first-order valence-corrected chi connectivity index (χ1v) is 12.5. The van der Waals surface area contributed by atoms with Crippen molar-refractivity contribution in [1.82, 2.24) is 30.5 Å². The van der Waals surface area contributed by atoms with E-state index < -0.39 is 41.8 Å². The van der Waals surface area contributed by atoms with Gasteiger partial charge in [0, 0.05) is 48.5 Å². The minimum Gasteiger partial charge on any atom is -0.459 e. The van der Waals surface area contributed by atoms with Crippen LogP contribution in [0.4, 0.5) is 0 Å². The number of hydrogen-bond donors (Lipinski definition) is 4. The van der Waals surface area contributed by atoms with Gasteiger partial charge < -0.3 is 30.7 Å². The number of benzene rings is 1. The van der Waals surface area contributed by atoms with E-state index in [-0.39, 0.29) is 30.8 Å². The second-order valence-electron chi connectivity index (χ2n) is 9.30. The van der Waals surface area contributed by atoms with Crippen LogP contribution >= 0.6 is 0 Å². The van der Waals surface area contributed by atoms with Crippen LogP contribution in [0, 0.1) is 0 Å². The van der Waals surface area contributed by atoms with Crippen LogP contribution in [0.3, 0.4) is 0 Å². The van der Waals surface area contributed by atoms with Gasteiger partial charge in [0.05, 0.1) is 12.5 Å². The number of fused-ring (bicyclic) bond motifs is 1. The van der Waals surface area contributed by atoms with Gasteiger partial charge in [0.25, 0.3) is 11.8 Å². The first-order valence-electron chi connectivity index (χ1n) is 12.5. The Morgan fingerprint density at radius 3 is 2.74 bits per heavy atom. The van der Waals surface area contributed by atoms with Crippen LogP contribution in [0.5, 0.6) is 0 Å². The lowest BCUT2D eigenvalue weighted by Crippen LogP contribution is -2.59. The molecule has 1 aromatic carbocycles. The van der Waals surface area contributed by atoms with Crippen LogP contribution < -0.4 is 16.4 Å². The largest absolute Gasteiger partial charge is 0.459 e. The number of nitrogens with zero attached hydrogens (tertiary/aromatic N) is 3. The van der Waals surface area contributed by atoms with Gasteiger partial charge in [0.15, 0.2) is 5.76 Å². The number of primary amides is 1. The van der Waals surface area contributed by atoms with Crippen LogP contribution in [-0.4, -0.2) is 68.2 Å². The molecule has 0 spiro atoms. The molecule has 0 aliphatic carbocycles. The number of aromatic nitrogens is 3. The molecule has 200 valence electrons. The maximum atomic E-state index is 13.6. The molecule has 12 nitrogen and oxygen atoms in total. The fraction of sp³-hybridized carbons (Fsp3) is 0.259. The van der Waals surface area contributed by atoms with Gasteiger partial charge in [-0.2, -0.15) is 0 Å². The summed E-state index contributed by atoms with van der Waals surface area (Å²) >= 11 is 0.